The summed E-state index contributed by atoms with van der Waals surface area (Å²) >= 11 is 15.6. The highest BCUT2D eigenvalue weighted by molar-refractivity contribution is 9.10. The molecule has 1 aromatic heterocycles. The summed E-state index contributed by atoms with van der Waals surface area (Å²) in [7, 11) is 0. The maximum atomic E-state index is 13.2. The highest BCUT2D eigenvalue weighted by Gasteiger charge is 2.15. The van der Waals surface area contributed by atoms with Gasteiger partial charge in [-0.15, -0.1) is 0 Å². The van der Waals surface area contributed by atoms with Crippen LogP contribution >= 0.6 is 51.5 Å². The maximum absolute atomic E-state index is 13.2. The predicted octanol–water partition coefficient (Wildman–Crippen LogP) is 4.91. The van der Waals surface area contributed by atoms with E-state index in [-0.39, 0.29) is 22.3 Å². The van der Waals surface area contributed by atoms with Gasteiger partial charge in [-0.25, -0.2) is 4.98 Å². The summed E-state index contributed by atoms with van der Waals surface area (Å²) in [6, 6.07) is 21.4. The second-order valence-electron chi connectivity index (χ2n) is 6.95. The number of thiocarbonyl (C=S) groups is 1. The molecule has 34 heavy (non-hydrogen) atoms. The van der Waals surface area contributed by atoms with Crippen LogP contribution < -0.4 is 21.7 Å². The molecule has 0 aliphatic carbocycles. The van der Waals surface area contributed by atoms with Gasteiger partial charge in [0.2, 0.25) is 5.91 Å². The van der Waals surface area contributed by atoms with Gasteiger partial charge in [-0.3, -0.25) is 25.0 Å². The van der Waals surface area contributed by atoms with E-state index in [1.165, 1.54) is 4.57 Å². The molecule has 4 rings (SSSR count). The number of benzene rings is 3. The number of carbonyl (C=O) groups excluding carboxylic acids is 1. The molecule has 1 heterocycles. The molecule has 0 unspecified atom stereocenters. The zero-order chi connectivity index (χ0) is 24.1. The normalized spacial score (nSPS) is 10.6. The average molecular weight is 575 g/mol. The fourth-order valence-corrected chi connectivity index (χ4v) is 4.39. The number of hydrazine groups is 1. The SMILES string of the molecule is O=C(CSc1nc2ccccc2c(=O)n1-c1ccc(Br)cc1)NNC(=S)Nc1ccc(Cl)cc1. The summed E-state index contributed by atoms with van der Waals surface area (Å²) < 4.78 is 2.40. The summed E-state index contributed by atoms with van der Waals surface area (Å²) in [4.78, 5) is 30.3. The van der Waals surface area contributed by atoms with Crippen molar-refractivity contribution in [3.8, 4) is 5.69 Å². The molecule has 3 aromatic carbocycles. The van der Waals surface area contributed by atoms with E-state index in [9.17, 15) is 9.59 Å². The van der Waals surface area contributed by atoms with E-state index in [1.807, 2.05) is 30.3 Å². The first-order chi connectivity index (χ1) is 16.4. The van der Waals surface area contributed by atoms with Crippen LogP contribution in [0.4, 0.5) is 5.69 Å². The second kappa shape index (κ2) is 11.0. The maximum Gasteiger partial charge on any atom is 0.266 e. The molecule has 0 aliphatic heterocycles. The van der Waals surface area contributed by atoms with Gasteiger partial charge in [-0.05, 0) is 72.9 Å². The van der Waals surface area contributed by atoms with Gasteiger partial charge >= 0.3 is 0 Å². The van der Waals surface area contributed by atoms with Crippen LogP contribution in [0.15, 0.2) is 87.2 Å². The molecular formula is C23H17BrClN5O2S2. The number of halogens is 2. The summed E-state index contributed by atoms with van der Waals surface area (Å²) in [5.74, 6) is -0.326. The number of anilines is 1. The minimum Gasteiger partial charge on any atom is -0.331 e. The van der Waals surface area contributed by atoms with Crippen molar-refractivity contribution < 1.29 is 4.79 Å². The Labute approximate surface area is 218 Å². The number of thioether (sulfide) groups is 1. The Bertz CT molecular complexity index is 1410. The number of rotatable bonds is 5. The van der Waals surface area contributed by atoms with Gasteiger partial charge in [-0.2, -0.15) is 0 Å². The number of hydrogen-bond acceptors (Lipinski definition) is 5. The molecule has 3 N–H and O–H groups in total. The van der Waals surface area contributed by atoms with E-state index in [1.54, 1.807) is 42.5 Å². The van der Waals surface area contributed by atoms with Crippen molar-refractivity contribution in [1.29, 1.82) is 0 Å². The molecule has 0 saturated carbocycles. The van der Waals surface area contributed by atoms with E-state index >= 15 is 0 Å². The van der Waals surface area contributed by atoms with Crippen LogP contribution in [0.5, 0.6) is 0 Å². The first kappa shape index (κ1) is 24.2. The number of hydrogen-bond donors (Lipinski definition) is 3. The number of fused-ring (bicyclic) bond motifs is 1. The first-order valence-corrected chi connectivity index (χ1v) is 12.5. The molecule has 0 bridgehead atoms. The van der Waals surface area contributed by atoms with E-state index in [2.05, 4.69) is 37.1 Å². The van der Waals surface area contributed by atoms with Gasteiger partial charge in [0.15, 0.2) is 10.3 Å². The van der Waals surface area contributed by atoms with E-state index < -0.39 is 0 Å². The summed E-state index contributed by atoms with van der Waals surface area (Å²) in [6.45, 7) is 0. The van der Waals surface area contributed by atoms with Crippen molar-refractivity contribution in [2.24, 2.45) is 0 Å². The zero-order valence-electron chi connectivity index (χ0n) is 17.4. The molecule has 0 spiro atoms. The standard InChI is InChI=1S/C23H17BrClN5O2S2/c24-14-5-11-17(12-6-14)30-21(32)18-3-1-2-4-19(18)27-23(30)34-13-20(31)28-29-22(33)26-16-9-7-15(25)8-10-16/h1-12H,13H2,(H,28,31)(H2,26,29,33). The third-order valence-electron chi connectivity index (χ3n) is 4.58. The van der Waals surface area contributed by atoms with E-state index in [4.69, 9.17) is 23.8 Å². The number of nitrogens with one attached hydrogen (secondary N) is 3. The topological polar surface area (TPSA) is 88.0 Å². The summed E-state index contributed by atoms with van der Waals surface area (Å²) in [5, 5.41) is 4.67. The molecule has 11 heteroatoms. The number of para-hydroxylation sites is 1. The minimum absolute atomic E-state index is 0.0118. The third-order valence-corrected chi connectivity index (χ3v) is 6.50. The quantitative estimate of drug-likeness (QED) is 0.135. The molecule has 1 amide bonds. The molecule has 0 radical (unpaired) electrons. The lowest BCUT2D eigenvalue weighted by molar-refractivity contribution is -0.119. The van der Waals surface area contributed by atoms with Crippen LogP contribution in [-0.2, 0) is 4.79 Å². The van der Waals surface area contributed by atoms with Crippen molar-refractivity contribution in [3.63, 3.8) is 0 Å². The summed E-state index contributed by atoms with van der Waals surface area (Å²) in [5.41, 5.74) is 6.94. The fraction of sp³-hybridized carbons (Fsp3) is 0.0435. The van der Waals surface area contributed by atoms with Crippen molar-refractivity contribution in [2.45, 2.75) is 5.16 Å². The predicted molar refractivity (Wildman–Crippen MR) is 145 cm³/mol. The van der Waals surface area contributed by atoms with Gasteiger partial charge in [0, 0.05) is 15.2 Å². The first-order valence-electron chi connectivity index (χ1n) is 9.92. The van der Waals surface area contributed by atoms with Gasteiger partial charge < -0.3 is 5.32 Å². The largest absolute Gasteiger partial charge is 0.331 e. The van der Waals surface area contributed by atoms with Gasteiger partial charge in [0.25, 0.3) is 5.56 Å². The number of nitrogens with zero attached hydrogens (tertiary/aromatic N) is 2. The molecule has 172 valence electrons. The molecule has 0 saturated heterocycles. The highest BCUT2D eigenvalue weighted by Crippen LogP contribution is 2.22. The Morgan fingerprint density at radius 2 is 1.74 bits per heavy atom. The lowest BCUT2D eigenvalue weighted by Crippen LogP contribution is -2.44. The Morgan fingerprint density at radius 3 is 2.47 bits per heavy atom. The number of amides is 1. The van der Waals surface area contributed by atoms with Crippen LogP contribution in [0.25, 0.3) is 16.6 Å². The van der Waals surface area contributed by atoms with Crippen molar-refractivity contribution >= 4 is 79.1 Å². The number of carbonyl (C=O) groups is 1. The van der Waals surface area contributed by atoms with Crippen LogP contribution in [0, 0.1) is 0 Å². The van der Waals surface area contributed by atoms with Crippen LogP contribution in [-0.4, -0.2) is 26.3 Å². The van der Waals surface area contributed by atoms with Crippen molar-refractivity contribution in [2.75, 3.05) is 11.1 Å². The highest BCUT2D eigenvalue weighted by atomic mass is 79.9. The molecule has 0 fully saturated rings. The van der Waals surface area contributed by atoms with Gasteiger partial charge in [0.1, 0.15) is 0 Å². The van der Waals surface area contributed by atoms with Gasteiger partial charge in [0.05, 0.1) is 22.3 Å². The molecular weight excluding hydrogens is 558 g/mol. The Kier molecular flexibility index (Phi) is 7.84. The Hall–Kier alpha value is -2.92. The van der Waals surface area contributed by atoms with Crippen LogP contribution in [0.2, 0.25) is 5.02 Å². The van der Waals surface area contributed by atoms with Crippen molar-refractivity contribution in [1.82, 2.24) is 20.4 Å². The van der Waals surface area contributed by atoms with Crippen LogP contribution in [0.3, 0.4) is 0 Å². The lowest BCUT2D eigenvalue weighted by atomic mass is 10.2. The smallest absolute Gasteiger partial charge is 0.266 e. The van der Waals surface area contributed by atoms with Crippen molar-refractivity contribution in [3.05, 3.63) is 92.6 Å². The second-order valence-corrected chi connectivity index (χ2v) is 9.65. The molecule has 7 nitrogen and oxygen atoms in total. The minimum atomic E-state index is -0.338. The number of aromatic nitrogens is 2. The monoisotopic (exact) mass is 573 g/mol. The Balaban J connectivity index is 1.47. The lowest BCUT2D eigenvalue weighted by Gasteiger charge is -2.14. The van der Waals surface area contributed by atoms with E-state index in [0.717, 1.165) is 21.9 Å². The fourth-order valence-electron chi connectivity index (χ4n) is 3.02. The third kappa shape index (κ3) is 5.95. The van der Waals surface area contributed by atoms with Crippen LogP contribution in [0.1, 0.15) is 0 Å². The summed E-state index contributed by atoms with van der Waals surface area (Å²) in [6.07, 6.45) is 0. The molecule has 4 aromatic rings. The van der Waals surface area contributed by atoms with Gasteiger partial charge in [-0.1, -0.05) is 51.4 Å². The molecule has 0 aliphatic rings. The zero-order valence-corrected chi connectivity index (χ0v) is 21.4. The molecule has 0 atom stereocenters. The van der Waals surface area contributed by atoms with E-state index in [0.29, 0.717) is 26.8 Å². The average Bonchev–Trinajstić information content (AvgIpc) is 2.84. The Morgan fingerprint density at radius 1 is 1.03 bits per heavy atom.